The first-order valence-electron chi connectivity index (χ1n) is 8.14. The van der Waals surface area contributed by atoms with Crippen LogP contribution >= 0.6 is 24.0 Å². The van der Waals surface area contributed by atoms with E-state index in [1.807, 2.05) is 0 Å². The number of Topliss-reactive ketones (excluding diaryl/α,β-unsaturated/α-hetero) is 1. The van der Waals surface area contributed by atoms with Gasteiger partial charge in [0.15, 0.2) is 5.78 Å². The van der Waals surface area contributed by atoms with Crippen molar-refractivity contribution in [1.29, 1.82) is 0 Å². The summed E-state index contributed by atoms with van der Waals surface area (Å²) in [6.45, 7) is 5.90. The molecule has 2 N–H and O–H groups in total. The molecule has 0 radical (unpaired) electrons. The van der Waals surface area contributed by atoms with Crippen LogP contribution in [0.15, 0.2) is 24.3 Å². The van der Waals surface area contributed by atoms with Crippen LogP contribution in [0.25, 0.3) is 0 Å². The molecule has 1 aliphatic rings. The number of nitrogens with zero attached hydrogens (tertiary/aromatic N) is 1. The summed E-state index contributed by atoms with van der Waals surface area (Å²) >= 11 is 5.79. The lowest BCUT2D eigenvalue weighted by Gasteiger charge is -2.27. The van der Waals surface area contributed by atoms with Crippen LogP contribution in [0.4, 0.5) is 0 Å². The molecule has 1 fully saturated rings. The minimum atomic E-state index is -0.0624. The highest BCUT2D eigenvalue weighted by Crippen LogP contribution is 2.11. The molecule has 1 heterocycles. The van der Waals surface area contributed by atoms with Gasteiger partial charge in [0, 0.05) is 56.2 Å². The Hall–Kier alpha value is -1.14. The zero-order chi connectivity index (χ0) is 16.5. The number of halogens is 2. The van der Waals surface area contributed by atoms with Crippen LogP contribution in [0, 0.1) is 0 Å². The maximum atomic E-state index is 12.0. The third-order valence-corrected chi connectivity index (χ3v) is 4.18. The Morgan fingerprint density at radius 2 is 1.79 bits per heavy atom. The summed E-state index contributed by atoms with van der Waals surface area (Å²) < 4.78 is 0. The first-order valence-corrected chi connectivity index (χ1v) is 8.51. The Kier molecular flexibility index (Phi) is 9.95. The fourth-order valence-corrected chi connectivity index (χ4v) is 2.69. The predicted octanol–water partition coefficient (Wildman–Crippen LogP) is 2.14. The van der Waals surface area contributed by atoms with Crippen LogP contribution in [0.1, 0.15) is 29.6 Å². The van der Waals surface area contributed by atoms with Crippen LogP contribution in [0.5, 0.6) is 0 Å². The molecule has 5 nitrogen and oxygen atoms in total. The highest BCUT2D eigenvalue weighted by atomic mass is 35.5. The van der Waals surface area contributed by atoms with E-state index in [2.05, 4.69) is 15.5 Å². The molecular formula is C17H25Cl2N3O2. The van der Waals surface area contributed by atoms with Gasteiger partial charge in [0.25, 0.3) is 0 Å². The van der Waals surface area contributed by atoms with Gasteiger partial charge in [-0.1, -0.05) is 11.6 Å². The minimum Gasteiger partial charge on any atom is -0.356 e. The first kappa shape index (κ1) is 20.9. The number of piperazine rings is 1. The summed E-state index contributed by atoms with van der Waals surface area (Å²) in [5.74, 6) is -0.0924. The molecule has 7 heteroatoms. The van der Waals surface area contributed by atoms with E-state index in [4.69, 9.17) is 11.6 Å². The second-order valence-electron chi connectivity index (χ2n) is 5.73. The monoisotopic (exact) mass is 373 g/mol. The molecule has 1 saturated heterocycles. The van der Waals surface area contributed by atoms with Crippen LogP contribution in [0.2, 0.25) is 5.02 Å². The number of benzene rings is 1. The van der Waals surface area contributed by atoms with E-state index in [0.29, 0.717) is 17.1 Å². The van der Waals surface area contributed by atoms with Crippen LogP contribution in [0.3, 0.4) is 0 Å². The number of carbonyl (C=O) groups excluding carboxylic acids is 2. The van der Waals surface area contributed by atoms with Crippen molar-refractivity contribution in [1.82, 2.24) is 15.5 Å². The van der Waals surface area contributed by atoms with Gasteiger partial charge in [0.05, 0.1) is 0 Å². The zero-order valence-electron chi connectivity index (χ0n) is 13.7. The van der Waals surface area contributed by atoms with Crippen LogP contribution in [-0.2, 0) is 4.79 Å². The quantitative estimate of drug-likeness (QED) is 0.541. The molecule has 0 atom stereocenters. The molecule has 0 saturated carbocycles. The van der Waals surface area contributed by atoms with Crippen molar-refractivity contribution < 1.29 is 9.59 Å². The second kappa shape index (κ2) is 11.4. The number of ketones is 1. The van der Waals surface area contributed by atoms with E-state index in [-0.39, 0.29) is 36.9 Å². The summed E-state index contributed by atoms with van der Waals surface area (Å²) in [6.07, 6.45) is 1.40. The Balaban J connectivity index is 0.00000288. The molecule has 134 valence electrons. The van der Waals surface area contributed by atoms with E-state index >= 15 is 0 Å². The van der Waals surface area contributed by atoms with Crippen molar-refractivity contribution in [3.05, 3.63) is 34.9 Å². The van der Waals surface area contributed by atoms with Gasteiger partial charge in [-0.15, -0.1) is 12.4 Å². The summed E-state index contributed by atoms with van der Waals surface area (Å²) in [5.41, 5.74) is 0.598. The fourth-order valence-electron chi connectivity index (χ4n) is 2.56. The third kappa shape index (κ3) is 7.62. The van der Waals surface area contributed by atoms with Gasteiger partial charge in [-0.05, 0) is 37.2 Å². The van der Waals surface area contributed by atoms with Gasteiger partial charge in [-0.25, -0.2) is 0 Å². The SMILES string of the molecule is Cl.O=C(CCC(=O)c1ccc(Cl)cc1)NCCCN1CCNCC1. The number of carbonyl (C=O) groups is 2. The topological polar surface area (TPSA) is 61.4 Å². The lowest BCUT2D eigenvalue weighted by molar-refractivity contribution is -0.121. The fraction of sp³-hybridized carbons (Fsp3) is 0.529. The van der Waals surface area contributed by atoms with Gasteiger partial charge < -0.3 is 15.5 Å². The van der Waals surface area contributed by atoms with E-state index in [1.54, 1.807) is 24.3 Å². The highest BCUT2D eigenvalue weighted by molar-refractivity contribution is 6.30. The summed E-state index contributed by atoms with van der Waals surface area (Å²) in [4.78, 5) is 26.1. The number of hydrogen-bond acceptors (Lipinski definition) is 4. The Bertz CT molecular complexity index is 517. The first-order chi connectivity index (χ1) is 11.1. The second-order valence-corrected chi connectivity index (χ2v) is 6.16. The molecule has 1 amide bonds. The zero-order valence-corrected chi connectivity index (χ0v) is 15.3. The maximum Gasteiger partial charge on any atom is 0.220 e. The van der Waals surface area contributed by atoms with E-state index in [0.717, 1.165) is 39.1 Å². The molecule has 0 unspecified atom stereocenters. The minimum absolute atomic E-state index is 0. The van der Waals surface area contributed by atoms with Crippen molar-refractivity contribution in [2.75, 3.05) is 39.3 Å². The van der Waals surface area contributed by atoms with Crippen LogP contribution < -0.4 is 10.6 Å². The van der Waals surface area contributed by atoms with Crippen LogP contribution in [-0.4, -0.2) is 55.9 Å². The largest absolute Gasteiger partial charge is 0.356 e. The smallest absolute Gasteiger partial charge is 0.220 e. The lowest BCUT2D eigenvalue weighted by atomic mass is 10.1. The summed E-state index contributed by atoms with van der Waals surface area (Å²) in [7, 11) is 0. The molecule has 1 aromatic rings. The number of amides is 1. The predicted molar refractivity (Wildman–Crippen MR) is 99.2 cm³/mol. The lowest BCUT2D eigenvalue weighted by Crippen LogP contribution is -2.44. The Labute approximate surface area is 154 Å². The van der Waals surface area contributed by atoms with E-state index in [1.165, 1.54) is 0 Å². The summed E-state index contributed by atoms with van der Waals surface area (Å²) in [5, 5.41) is 6.80. The van der Waals surface area contributed by atoms with E-state index < -0.39 is 0 Å². The van der Waals surface area contributed by atoms with Gasteiger partial charge in [0.2, 0.25) is 5.91 Å². The van der Waals surface area contributed by atoms with Crippen molar-refractivity contribution in [2.24, 2.45) is 0 Å². The molecule has 2 rings (SSSR count). The Morgan fingerprint density at radius 3 is 2.46 bits per heavy atom. The van der Waals surface area contributed by atoms with Gasteiger partial charge in [0.1, 0.15) is 0 Å². The number of hydrogen-bond donors (Lipinski definition) is 2. The molecule has 1 aliphatic heterocycles. The normalized spacial score (nSPS) is 14.7. The molecule has 24 heavy (non-hydrogen) atoms. The number of rotatable bonds is 8. The Morgan fingerprint density at radius 1 is 1.12 bits per heavy atom. The third-order valence-electron chi connectivity index (χ3n) is 3.93. The van der Waals surface area contributed by atoms with Crippen molar-refractivity contribution >= 4 is 35.7 Å². The summed E-state index contributed by atoms with van der Waals surface area (Å²) in [6, 6.07) is 6.75. The van der Waals surface area contributed by atoms with Crippen molar-refractivity contribution in [3.63, 3.8) is 0 Å². The highest BCUT2D eigenvalue weighted by Gasteiger charge is 2.10. The molecule has 1 aromatic carbocycles. The average molecular weight is 374 g/mol. The van der Waals surface area contributed by atoms with Gasteiger partial charge in [-0.2, -0.15) is 0 Å². The molecule has 0 bridgehead atoms. The van der Waals surface area contributed by atoms with E-state index in [9.17, 15) is 9.59 Å². The van der Waals surface area contributed by atoms with Crippen molar-refractivity contribution in [3.8, 4) is 0 Å². The molecular weight excluding hydrogens is 349 g/mol. The number of nitrogens with one attached hydrogen (secondary N) is 2. The maximum absolute atomic E-state index is 12.0. The molecule has 0 aliphatic carbocycles. The van der Waals surface area contributed by atoms with Gasteiger partial charge >= 0.3 is 0 Å². The molecule has 0 aromatic heterocycles. The molecule has 0 spiro atoms. The van der Waals surface area contributed by atoms with Gasteiger partial charge in [-0.3, -0.25) is 9.59 Å². The standard InChI is InChI=1S/C17H24ClN3O2.ClH/c18-15-4-2-14(3-5-15)16(22)6-7-17(23)20-8-1-11-21-12-9-19-10-13-21;/h2-5,19H,1,6-13H2,(H,20,23);1H. The average Bonchev–Trinajstić information content (AvgIpc) is 2.58. The van der Waals surface area contributed by atoms with Crippen molar-refractivity contribution in [2.45, 2.75) is 19.3 Å².